The lowest BCUT2D eigenvalue weighted by atomic mass is 10.2. The highest BCUT2D eigenvalue weighted by Gasteiger charge is 2.32. The number of rotatable bonds is 3. The first-order valence-corrected chi connectivity index (χ1v) is 8.97. The van der Waals surface area contributed by atoms with Crippen LogP contribution in [0.3, 0.4) is 0 Å². The number of hydrogen-bond donors (Lipinski definition) is 1. The molecular formula is C17H15N3O3S. The van der Waals surface area contributed by atoms with Crippen molar-refractivity contribution in [3.05, 3.63) is 60.8 Å². The second kappa shape index (κ2) is 5.68. The Morgan fingerprint density at radius 2 is 1.79 bits per heavy atom. The molecule has 0 bridgehead atoms. The van der Waals surface area contributed by atoms with E-state index < -0.39 is 10.0 Å². The van der Waals surface area contributed by atoms with E-state index in [2.05, 4.69) is 10.3 Å². The molecule has 4 rings (SSSR count). The molecule has 0 amide bonds. The Labute approximate surface area is 139 Å². The molecule has 3 aromatic rings. The van der Waals surface area contributed by atoms with Crippen LogP contribution in [0.15, 0.2) is 70.3 Å². The van der Waals surface area contributed by atoms with Crippen molar-refractivity contribution in [2.75, 3.05) is 22.7 Å². The van der Waals surface area contributed by atoms with Crippen LogP contribution in [0.4, 0.5) is 11.4 Å². The third kappa shape index (κ3) is 2.43. The molecule has 0 fully saturated rings. The zero-order valence-electron chi connectivity index (χ0n) is 12.7. The maximum Gasteiger partial charge on any atom is 0.299 e. The highest BCUT2D eigenvalue weighted by atomic mass is 32.2. The summed E-state index contributed by atoms with van der Waals surface area (Å²) in [5.41, 5.74) is 2.14. The number of nitrogens with one attached hydrogen (secondary N) is 1. The van der Waals surface area contributed by atoms with Gasteiger partial charge in [-0.15, -0.1) is 0 Å². The molecule has 2 aromatic carbocycles. The number of aromatic nitrogens is 1. The molecule has 0 saturated carbocycles. The van der Waals surface area contributed by atoms with Crippen molar-refractivity contribution < 1.29 is 12.8 Å². The lowest BCUT2D eigenvalue weighted by Gasteiger charge is -2.30. The largest absolute Gasteiger partial charge is 0.423 e. The van der Waals surface area contributed by atoms with Gasteiger partial charge < -0.3 is 9.73 Å². The van der Waals surface area contributed by atoms with E-state index in [9.17, 15) is 8.42 Å². The normalized spacial score (nSPS) is 14.1. The van der Waals surface area contributed by atoms with Crippen LogP contribution in [-0.4, -0.2) is 26.5 Å². The number of benzene rings is 2. The predicted octanol–water partition coefficient (Wildman–Crippen LogP) is 2.96. The molecule has 0 saturated heterocycles. The Bertz CT molecular complexity index is 968. The van der Waals surface area contributed by atoms with Crippen LogP contribution >= 0.6 is 0 Å². The van der Waals surface area contributed by atoms with Gasteiger partial charge in [0, 0.05) is 12.1 Å². The zero-order chi connectivity index (χ0) is 16.6. The number of nitrogens with zero attached hydrogens (tertiary/aromatic N) is 2. The van der Waals surface area contributed by atoms with Crippen LogP contribution in [0.5, 0.6) is 0 Å². The first kappa shape index (κ1) is 14.8. The molecule has 1 aliphatic rings. The van der Waals surface area contributed by atoms with Gasteiger partial charge >= 0.3 is 0 Å². The molecule has 0 spiro atoms. The monoisotopic (exact) mass is 341 g/mol. The second-order valence-electron chi connectivity index (χ2n) is 5.37. The van der Waals surface area contributed by atoms with Crippen LogP contribution in [0.25, 0.3) is 11.5 Å². The topological polar surface area (TPSA) is 75.4 Å². The Morgan fingerprint density at radius 3 is 2.62 bits per heavy atom. The Morgan fingerprint density at radius 1 is 1.04 bits per heavy atom. The SMILES string of the molecule is O=S(=O)(c1cnc(-c2ccccc2)o1)N1CCNc2ccccc21. The summed E-state index contributed by atoms with van der Waals surface area (Å²) < 4.78 is 32.8. The number of fused-ring (bicyclic) bond motifs is 1. The van der Waals surface area contributed by atoms with Crippen molar-refractivity contribution in [2.24, 2.45) is 0 Å². The van der Waals surface area contributed by atoms with E-state index in [-0.39, 0.29) is 11.0 Å². The summed E-state index contributed by atoms with van der Waals surface area (Å²) >= 11 is 0. The summed E-state index contributed by atoms with van der Waals surface area (Å²) in [5.74, 6) is 0.289. The number of oxazole rings is 1. The molecule has 122 valence electrons. The maximum atomic E-state index is 13.0. The lowest BCUT2D eigenvalue weighted by molar-refractivity contribution is 0.457. The van der Waals surface area contributed by atoms with E-state index in [0.29, 0.717) is 18.8 Å². The van der Waals surface area contributed by atoms with Gasteiger partial charge in [-0.3, -0.25) is 4.31 Å². The van der Waals surface area contributed by atoms with Gasteiger partial charge in [0.15, 0.2) is 0 Å². The van der Waals surface area contributed by atoms with E-state index in [1.54, 1.807) is 6.07 Å². The van der Waals surface area contributed by atoms with Crippen molar-refractivity contribution in [1.82, 2.24) is 4.98 Å². The standard InChI is InChI=1S/C17H15N3O3S/c21-24(22,20-11-10-18-14-8-4-5-9-15(14)20)16-12-19-17(23-16)13-6-2-1-3-7-13/h1-9,12,18H,10-11H2. The van der Waals surface area contributed by atoms with Crippen LogP contribution in [0, 0.1) is 0 Å². The molecule has 0 unspecified atom stereocenters. The average molecular weight is 341 g/mol. The molecule has 1 aliphatic heterocycles. The van der Waals surface area contributed by atoms with E-state index in [0.717, 1.165) is 11.3 Å². The fourth-order valence-corrected chi connectivity index (χ4v) is 4.04. The average Bonchev–Trinajstić information content (AvgIpc) is 3.13. The van der Waals surface area contributed by atoms with Crippen molar-refractivity contribution in [2.45, 2.75) is 5.09 Å². The van der Waals surface area contributed by atoms with Crippen LogP contribution in [-0.2, 0) is 10.0 Å². The molecule has 0 aliphatic carbocycles. The summed E-state index contributed by atoms with van der Waals surface area (Å²) in [7, 11) is -3.80. The van der Waals surface area contributed by atoms with Crippen molar-refractivity contribution in [3.8, 4) is 11.5 Å². The van der Waals surface area contributed by atoms with E-state index >= 15 is 0 Å². The van der Waals surface area contributed by atoms with Gasteiger partial charge in [0.1, 0.15) is 0 Å². The third-order valence-corrected chi connectivity index (χ3v) is 5.51. The first-order chi connectivity index (χ1) is 11.7. The van der Waals surface area contributed by atoms with Crippen LogP contribution in [0.2, 0.25) is 0 Å². The summed E-state index contributed by atoms with van der Waals surface area (Å²) in [5, 5.41) is 3.04. The third-order valence-electron chi connectivity index (χ3n) is 3.85. The molecule has 0 atom stereocenters. The summed E-state index contributed by atoms with van der Waals surface area (Å²) in [6.45, 7) is 0.872. The zero-order valence-corrected chi connectivity index (χ0v) is 13.5. The Kier molecular flexibility index (Phi) is 3.50. The molecule has 1 N–H and O–H groups in total. The lowest BCUT2D eigenvalue weighted by Crippen LogP contribution is -2.38. The molecule has 7 heteroatoms. The van der Waals surface area contributed by atoms with Crippen molar-refractivity contribution in [3.63, 3.8) is 0 Å². The van der Waals surface area contributed by atoms with Crippen LogP contribution in [0.1, 0.15) is 0 Å². The highest BCUT2D eigenvalue weighted by molar-refractivity contribution is 7.92. The smallest absolute Gasteiger partial charge is 0.299 e. The second-order valence-corrected chi connectivity index (χ2v) is 7.16. The van der Waals surface area contributed by atoms with Gasteiger partial charge in [-0.05, 0) is 24.3 Å². The molecule has 6 nitrogen and oxygen atoms in total. The van der Waals surface area contributed by atoms with Gasteiger partial charge in [0.25, 0.3) is 15.1 Å². The van der Waals surface area contributed by atoms with Gasteiger partial charge in [0.2, 0.25) is 5.89 Å². The number of sulfonamides is 1. The van der Waals surface area contributed by atoms with Gasteiger partial charge in [-0.25, -0.2) is 4.98 Å². The molecular weight excluding hydrogens is 326 g/mol. The number of para-hydroxylation sites is 2. The van der Waals surface area contributed by atoms with Gasteiger partial charge in [0.05, 0.1) is 24.1 Å². The molecule has 24 heavy (non-hydrogen) atoms. The van der Waals surface area contributed by atoms with Gasteiger partial charge in [-0.2, -0.15) is 8.42 Å². The highest BCUT2D eigenvalue weighted by Crippen LogP contribution is 2.33. The molecule has 1 aromatic heterocycles. The summed E-state index contributed by atoms with van der Waals surface area (Å²) in [6.07, 6.45) is 1.27. The Hall–Kier alpha value is -2.80. The minimum Gasteiger partial charge on any atom is -0.423 e. The van der Waals surface area contributed by atoms with Crippen LogP contribution < -0.4 is 9.62 Å². The quantitative estimate of drug-likeness (QED) is 0.793. The summed E-state index contributed by atoms with van der Waals surface area (Å²) in [4.78, 5) is 4.12. The number of hydrogen-bond acceptors (Lipinski definition) is 5. The van der Waals surface area contributed by atoms with Gasteiger partial charge in [-0.1, -0.05) is 30.3 Å². The molecule has 2 heterocycles. The minimum absolute atomic E-state index is 0.155. The predicted molar refractivity (Wildman–Crippen MR) is 91.4 cm³/mol. The van der Waals surface area contributed by atoms with E-state index in [1.165, 1.54) is 10.5 Å². The molecule has 0 radical (unpaired) electrons. The minimum atomic E-state index is -3.80. The summed E-state index contributed by atoms with van der Waals surface area (Å²) in [6, 6.07) is 16.5. The van der Waals surface area contributed by atoms with E-state index in [4.69, 9.17) is 4.42 Å². The van der Waals surface area contributed by atoms with E-state index in [1.807, 2.05) is 48.5 Å². The maximum absolute atomic E-state index is 13.0. The van der Waals surface area contributed by atoms with Crippen molar-refractivity contribution >= 4 is 21.4 Å². The fraction of sp³-hybridized carbons (Fsp3) is 0.118. The van der Waals surface area contributed by atoms with Crippen molar-refractivity contribution in [1.29, 1.82) is 0 Å². The fourth-order valence-electron chi connectivity index (χ4n) is 2.70. The number of anilines is 2. The Balaban J connectivity index is 1.73. The first-order valence-electron chi connectivity index (χ1n) is 7.53.